The van der Waals surface area contributed by atoms with E-state index in [1.807, 2.05) is 0 Å². The Bertz CT molecular complexity index is 16.3. The first-order valence-electron chi connectivity index (χ1n) is 1.27. The molecule has 6 heavy (non-hydrogen) atoms. The van der Waals surface area contributed by atoms with Gasteiger partial charge in [0, 0.05) is 0 Å². The molecule has 0 aromatic rings. The molecule has 0 aromatic heterocycles. The van der Waals surface area contributed by atoms with Crippen LogP contribution in [0.2, 0.25) is 0 Å². The van der Waals surface area contributed by atoms with Crippen molar-refractivity contribution in [1.82, 2.24) is 0 Å². The van der Waals surface area contributed by atoms with Crippen molar-refractivity contribution in [2.45, 2.75) is 0 Å². The Morgan fingerprint density at radius 1 is 1.17 bits per heavy atom. The zero-order valence-electron chi connectivity index (χ0n) is 3.93. The summed E-state index contributed by atoms with van der Waals surface area (Å²) < 4.78 is 0. The Kier molecular flexibility index (Phi) is 28.1. The molecule has 0 aliphatic heterocycles. The topological polar surface area (TPSA) is 0 Å². The molecule has 0 N–H and O–H groups in total. The fourth-order valence-electron chi connectivity index (χ4n) is 0. The number of rotatable bonds is 1. The summed E-state index contributed by atoms with van der Waals surface area (Å²) in [7, 11) is 7.75. The Labute approximate surface area is 60.5 Å². The van der Waals surface area contributed by atoms with Gasteiger partial charge in [0.2, 0.25) is 0 Å². The zero-order chi connectivity index (χ0) is 5.41. The van der Waals surface area contributed by atoms with Gasteiger partial charge in [0.1, 0.15) is 0 Å². The quantitative estimate of drug-likeness (QED) is 0.461. The number of hydrogen-bond acceptors (Lipinski definition) is 3. The van der Waals surface area contributed by atoms with E-state index in [-0.39, 0.29) is 0 Å². The molecule has 34 valence electrons. The van der Waals surface area contributed by atoms with E-state index in [0.717, 1.165) is 16.6 Å². The van der Waals surface area contributed by atoms with E-state index in [1.165, 1.54) is 0 Å². The van der Waals surface area contributed by atoms with Crippen molar-refractivity contribution in [3.8, 4) is 0 Å². The molecule has 0 aliphatic carbocycles. The van der Waals surface area contributed by atoms with E-state index < -0.39 is 0 Å². The van der Waals surface area contributed by atoms with Crippen molar-refractivity contribution in [2.24, 2.45) is 0 Å². The summed E-state index contributed by atoms with van der Waals surface area (Å²) >= 11 is 0.958. The fraction of sp³-hybridized carbons (Fsp3) is 1.00. The van der Waals surface area contributed by atoms with Crippen molar-refractivity contribution in [3.63, 3.8) is 0 Å². The molecule has 0 aromatic carbocycles. The SMILES string of the molecule is CSSC.[S]=[Zn]. The summed E-state index contributed by atoms with van der Waals surface area (Å²) in [6, 6.07) is 0. The van der Waals surface area contributed by atoms with Gasteiger partial charge in [-0.1, -0.05) is 21.6 Å². The zero-order valence-corrected chi connectivity index (χ0v) is 9.35. The molecule has 0 spiro atoms. The van der Waals surface area contributed by atoms with Crippen LogP contribution in [0.5, 0.6) is 0 Å². The van der Waals surface area contributed by atoms with Crippen molar-refractivity contribution < 1.29 is 16.6 Å². The van der Waals surface area contributed by atoms with E-state index in [0.29, 0.717) is 0 Å². The van der Waals surface area contributed by atoms with Crippen LogP contribution in [-0.4, -0.2) is 12.5 Å². The fourth-order valence-corrected chi connectivity index (χ4v) is 0. The molecule has 0 atom stereocenters. The standard InChI is InChI=1S/C2H6S2.S.Zn/c1-3-4-2;;/h1-2H3;;. The second-order valence-corrected chi connectivity index (χ2v) is 3.00. The molecular formula is C2H6S3Zn. The predicted molar refractivity (Wildman–Crippen MR) is 34.6 cm³/mol. The normalized spacial score (nSPS) is 6.00. The Morgan fingerprint density at radius 3 is 1.33 bits per heavy atom. The molecule has 0 fully saturated rings. The van der Waals surface area contributed by atoms with Gasteiger partial charge >= 0.3 is 26.7 Å². The summed E-state index contributed by atoms with van der Waals surface area (Å²) in [5.41, 5.74) is 0. The van der Waals surface area contributed by atoms with Gasteiger partial charge < -0.3 is 0 Å². The third-order valence-electron chi connectivity index (χ3n) is 0.167. The monoisotopic (exact) mass is 190 g/mol. The van der Waals surface area contributed by atoms with Crippen LogP contribution in [0.15, 0.2) is 0 Å². The van der Waals surface area contributed by atoms with Crippen LogP contribution in [0.1, 0.15) is 0 Å². The molecule has 0 saturated heterocycles. The van der Waals surface area contributed by atoms with E-state index in [4.69, 9.17) is 0 Å². The van der Waals surface area contributed by atoms with Crippen molar-refractivity contribution in [1.29, 1.82) is 0 Å². The summed E-state index contributed by atoms with van der Waals surface area (Å²) in [5, 5.41) is 0. The third-order valence-corrected chi connectivity index (χ3v) is 1.50. The van der Waals surface area contributed by atoms with Gasteiger partial charge in [0.25, 0.3) is 0 Å². The Hall–Kier alpha value is 1.54. The van der Waals surface area contributed by atoms with Crippen molar-refractivity contribution >= 4 is 31.7 Å². The molecule has 0 heterocycles. The van der Waals surface area contributed by atoms with Crippen LogP contribution in [0, 0.1) is 0 Å². The van der Waals surface area contributed by atoms with E-state index in [2.05, 4.69) is 22.6 Å². The molecule has 0 radical (unpaired) electrons. The predicted octanol–water partition coefficient (Wildman–Crippen LogP) is 2.27. The van der Waals surface area contributed by atoms with Gasteiger partial charge in [-0.05, 0) is 12.5 Å². The van der Waals surface area contributed by atoms with E-state index in [1.54, 1.807) is 21.6 Å². The molecule has 0 nitrogen and oxygen atoms in total. The molecule has 4 heteroatoms. The average Bonchev–Trinajstić information content (AvgIpc) is 1.72. The molecule has 0 amide bonds. The van der Waals surface area contributed by atoms with Crippen LogP contribution in [0.3, 0.4) is 0 Å². The third kappa shape index (κ3) is 17.7. The average molecular weight is 192 g/mol. The summed E-state index contributed by atoms with van der Waals surface area (Å²) in [6.07, 6.45) is 4.12. The summed E-state index contributed by atoms with van der Waals surface area (Å²) in [4.78, 5) is 0. The molecule has 0 unspecified atom stereocenters. The van der Waals surface area contributed by atoms with Crippen LogP contribution in [-0.2, 0) is 16.6 Å². The maximum atomic E-state index is 4.21. The molecular weight excluding hydrogens is 186 g/mol. The molecule has 0 saturated carbocycles. The van der Waals surface area contributed by atoms with Gasteiger partial charge in [-0.3, -0.25) is 0 Å². The maximum absolute atomic E-state index is 4.21. The van der Waals surface area contributed by atoms with Crippen LogP contribution in [0.4, 0.5) is 0 Å². The summed E-state index contributed by atoms with van der Waals surface area (Å²) in [5.74, 6) is 0. The van der Waals surface area contributed by atoms with Gasteiger partial charge in [-0.2, -0.15) is 0 Å². The first-order chi connectivity index (χ1) is 2.91. The van der Waals surface area contributed by atoms with Crippen molar-refractivity contribution in [3.05, 3.63) is 0 Å². The first-order valence-corrected chi connectivity index (χ1v) is 8.45. The van der Waals surface area contributed by atoms with E-state index >= 15 is 0 Å². The van der Waals surface area contributed by atoms with Crippen molar-refractivity contribution in [2.75, 3.05) is 12.5 Å². The second-order valence-electron chi connectivity index (χ2n) is 0.333. The van der Waals surface area contributed by atoms with E-state index in [9.17, 15) is 0 Å². The van der Waals surface area contributed by atoms with Gasteiger partial charge in [-0.15, -0.1) is 0 Å². The van der Waals surface area contributed by atoms with Gasteiger partial charge in [0.05, 0.1) is 0 Å². The van der Waals surface area contributed by atoms with Crippen LogP contribution >= 0.6 is 31.7 Å². The Balaban J connectivity index is 0. The first kappa shape index (κ1) is 10.5. The Morgan fingerprint density at radius 2 is 1.33 bits per heavy atom. The van der Waals surface area contributed by atoms with Gasteiger partial charge in [0.15, 0.2) is 0 Å². The van der Waals surface area contributed by atoms with Crippen LogP contribution < -0.4 is 0 Å². The molecule has 0 bridgehead atoms. The molecule has 0 rings (SSSR count). The summed E-state index contributed by atoms with van der Waals surface area (Å²) in [6.45, 7) is 0. The number of hydrogen-bond donors (Lipinski definition) is 0. The van der Waals surface area contributed by atoms with Gasteiger partial charge in [-0.25, -0.2) is 0 Å². The second kappa shape index (κ2) is 16.0. The van der Waals surface area contributed by atoms with Crippen LogP contribution in [0.25, 0.3) is 0 Å². The minimum absolute atomic E-state index is 0.958. The minimum atomic E-state index is 0.958. The molecule has 0 aliphatic rings.